The molecule has 0 aliphatic rings. The Balaban J connectivity index is 1.92. The molecule has 25 heavy (non-hydrogen) atoms. The first-order valence-corrected chi connectivity index (χ1v) is 8.42. The Morgan fingerprint density at radius 3 is 2.44 bits per heavy atom. The molecule has 0 aromatic heterocycles. The van der Waals surface area contributed by atoms with Crippen LogP contribution < -0.4 is 9.47 Å². The Morgan fingerprint density at radius 1 is 1.00 bits per heavy atom. The molecule has 1 atom stereocenters. The average molecular weight is 345 g/mol. The summed E-state index contributed by atoms with van der Waals surface area (Å²) in [6.45, 7) is 2.74. The summed E-state index contributed by atoms with van der Waals surface area (Å²) in [4.78, 5) is 2.14. The lowest BCUT2D eigenvalue weighted by Crippen LogP contribution is -2.37. The molecule has 0 heterocycles. The topological polar surface area (TPSA) is 51.2 Å². The first-order valence-electron chi connectivity index (χ1n) is 8.42. The number of rotatable bonds is 11. The fraction of sp³-hybridized carbons (Fsp3) is 0.400. The molecule has 136 valence electrons. The molecule has 5 nitrogen and oxygen atoms in total. The number of hydrogen-bond acceptors (Lipinski definition) is 5. The smallest absolute Gasteiger partial charge is 0.123 e. The summed E-state index contributed by atoms with van der Waals surface area (Å²) < 4.78 is 16.2. The summed E-state index contributed by atoms with van der Waals surface area (Å²) in [7, 11) is 3.34. The number of para-hydroxylation sites is 2. The predicted molar refractivity (Wildman–Crippen MR) is 98.1 cm³/mol. The van der Waals surface area contributed by atoms with Gasteiger partial charge in [-0.1, -0.05) is 36.4 Å². The van der Waals surface area contributed by atoms with E-state index in [9.17, 15) is 5.11 Å². The van der Waals surface area contributed by atoms with Crippen LogP contribution in [0.5, 0.6) is 11.5 Å². The van der Waals surface area contributed by atoms with Crippen LogP contribution >= 0.6 is 0 Å². The molecule has 0 aliphatic heterocycles. The van der Waals surface area contributed by atoms with Gasteiger partial charge in [-0.05, 0) is 18.2 Å². The molecule has 2 aromatic carbocycles. The van der Waals surface area contributed by atoms with Crippen LogP contribution in [-0.2, 0) is 11.3 Å². The van der Waals surface area contributed by atoms with E-state index in [1.54, 1.807) is 14.2 Å². The van der Waals surface area contributed by atoms with Crippen LogP contribution in [0.1, 0.15) is 5.56 Å². The predicted octanol–water partition coefficient (Wildman–Crippen LogP) is 2.58. The highest BCUT2D eigenvalue weighted by Gasteiger charge is 2.15. The van der Waals surface area contributed by atoms with E-state index < -0.39 is 6.10 Å². The Bertz CT molecular complexity index is 606. The third kappa shape index (κ3) is 6.74. The lowest BCUT2D eigenvalue weighted by Gasteiger charge is -2.25. The Hall–Kier alpha value is -2.08. The van der Waals surface area contributed by atoms with Crippen molar-refractivity contribution >= 4 is 0 Å². The van der Waals surface area contributed by atoms with E-state index in [1.165, 1.54) is 0 Å². The molecule has 0 unspecified atom stereocenters. The van der Waals surface area contributed by atoms with Gasteiger partial charge in [0.05, 0.1) is 13.7 Å². The van der Waals surface area contributed by atoms with E-state index in [0.29, 0.717) is 19.7 Å². The zero-order valence-corrected chi connectivity index (χ0v) is 14.9. The summed E-state index contributed by atoms with van der Waals surface area (Å²) in [6.07, 6.45) is -0.591. The second-order valence-electron chi connectivity index (χ2n) is 5.82. The van der Waals surface area contributed by atoms with Crippen molar-refractivity contribution in [2.45, 2.75) is 12.6 Å². The van der Waals surface area contributed by atoms with E-state index in [0.717, 1.165) is 23.6 Å². The maximum atomic E-state index is 10.3. The van der Waals surface area contributed by atoms with Crippen LogP contribution in [0.3, 0.4) is 0 Å². The highest BCUT2D eigenvalue weighted by molar-refractivity contribution is 5.33. The van der Waals surface area contributed by atoms with Crippen LogP contribution in [0.2, 0.25) is 0 Å². The minimum atomic E-state index is -0.591. The molecule has 2 rings (SSSR count). The Morgan fingerprint density at radius 2 is 1.72 bits per heavy atom. The van der Waals surface area contributed by atoms with Crippen molar-refractivity contribution in [1.29, 1.82) is 0 Å². The lowest BCUT2D eigenvalue weighted by molar-refractivity contribution is 0.0539. The van der Waals surface area contributed by atoms with Gasteiger partial charge in [0.25, 0.3) is 0 Å². The van der Waals surface area contributed by atoms with Crippen molar-refractivity contribution in [3.63, 3.8) is 0 Å². The minimum Gasteiger partial charge on any atom is -0.496 e. The number of aliphatic hydroxyl groups is 1. The van der Waals surface area contributed by atoms with Crippen molar-refractivity contribution in [2.24, 2.45) is 0 Å². The monoisotopic (exact) mass is 345 g/mol. The van der Waals surface area contributed by atoms with Gasteiger partial charge in [-0.25, -0.2) is 0 Å². The van der Waals surface area contributed by atoms with Crippen LogP contribution in [0.25, 0.3) is 0 Å². The second-order valence-corrected chi connectivity index (χ2v) is 5.82. The molecule has 0 fully saturated rings. The maximum absolute atomic E-state index is 10.3. The SMILES string of the molecule is COCCN(Cc1ccccc1OC)C[C@H](O)COc1ccccc1. The van der Waals surface area contributed by atoms with Gasteiger partial charge < -0.3 is 19.3 Å². The zero-order valence-electron chi connectivity index (χ0n) is 14.9. The van der Waals surface area contributed by atoms with Crippen molar-refractivity contribution in [1.82, 2.24) is 4.90 Å². The zero-order chi connectivity index (χ0) is 17.9. The van der Waals surface area contributed by atoms with Gasteiger partial charge in [0.2, 0.25) is 0 Å². The fourth-order valence-electron chi connectivity index (χ4n) is 2.59. The van der Waals surface area contributed by atoms with E-state index in [1.807, 2.05) is 54.6 Å². The van der Waals surface area contributed by atoms with E-state index in [4.69, 9.17) is 14.2 Å². The van der Waals surface area contributed by atoms with Gasteiger partial charge >= 0.3 is 0 Å². The molecule has 0 aliphatic carbocycles. The summed E-state index contributed by atoms with van der Waals surface area (Å²) in [6, 6.07) is 17.4. The molecule has 0 saturated carbocycles. The first kappa shape index (κ1) is 19.2. The van der Waals surface area contributed by atoms with Crippen LogP contribution in [0, 0.1) is 0 Å². The van der Waals surface area contributed by atoms with Gasteiger partial charge in [0.1, 0.15) is 24.2 Å². The van der Waals surface area contributed by atoms with E-state index in [-0.39, 0.29) is 6.61 Å². The highest BCUT2D eigenvalue weighted by Crippen LogP contribution is 2.19. The summed E-state index contributed by atoms with van der Waals surface area (Å²) in [5.41, 5.74) is 1.08. The van der Waals surface area contributed by atoms with Crippen molar-refractivity contribution in [3.8, 4) is 11.5 Å². The molecule has 5 heteroatoms. The lowest BCUT2D eigenvalue weighted by atomic mass is 10.1. The van der Waals surface area contributed by atoms with Gasteiger partial charge in [0, 0.05) is 32.3 Å². The van der Waals surface area contributed by atoms with Gasteiger partial charge in [0.15, 0.2) is 0 Å². The fourth-order valence-corrected chi connectivity index (χ4v) is 2.59. The van der Waals surface area contributed by atoms with Crippen molar-refractivity contribution in [2.75, 3.05) is 40.5 Å². The average Bonchev–Trinajstić information content (AvgIpc) is 2.65. The van der Waals surface area contributed by atoms with Gasteiger partial charge in [-0.3, -0.25) is 4.90 Å². The second kappa shape index (κ2) is 10.7. The number of ether oxygens (including phenoxy) is 3. The number of methoxy groups -OCH3 is 2. The molecule has 0 saturated heterocycles. The van der Waals surface area contributed by atoms with Crippen molar-refractivity contribution in [3.05, 3.63) is 60.2 Å². The Kier molecular flexibility index (Phi) is 8.25. The molecular formula is C20H27NO4. The number of aliphatic hydroxyl groups excluding tert-OH is 1. The third-order valence-electron chi connectivity index (χ3n) is 3.85. The van der Waals surface area contributed by atoms with Crippen molar-refractivity contribution < 1.29 is 19.3 Å². The minimum absolute atomic E-state index is 0.249. The number of hydrogen-bond donors (Lipinski definition) is 1. The highest BCUT2D eigenvalue weighted by atomic mass is 16.5. The van der Waals surface area contributed by atoms with Crippen LogP contribution in [0.15, 0.2) is 54.6 Å². The number of nitrogens with zero attached hydrogens (tertiary/aromatic N) is 1. The number of benzene rings is 2. The molecule has 0 spiro atoms. The third-order valence-corrected chi connectivity index (χ3v) is 3.85. The van der Waals surface area contributed by atoms with Gasteiger partial charge in [-0.15, -0.1) is 0 Å². The first-order chi connectivity index (χ1) is 12.2. The summed E-state index contributed by atoms with van der Waals surface area (Å²) in [5, 5.41) is 10.3. The molecular weight excluding hydrogens is 318 g/mol. The summed E-state index contributed by atoms with van der Waals surface area (Å²) in [5.74, 6) is 1.61. The molecule has 2 aromatic rings. The summed E-state index contributed by atoms with van der Waals surface area (Å²) >= 11 is 0. The molecule has 0 bridgehead atoms. The van der Waals surface area contributed by atoms with Crippen LogP contribution in [-0.4, -0.2) is 56.6 Å². The van der Waals surface area contributed by atoms with Crippen LogP contribution in [0.4, 0.5) is 0 Å². The largest absolute Gasteiger partial charge is 0.496 e. The maximum Gasteiger partial charge on any atom is 0.123 e. The molecule has 0 amide bonds. The van der Waals surface area contributed by atoms with Gasteiger partial charge in [-0.2, -0.15) is 0 Å². The molecule has 1 N–H and O–H groups in total. The van der Waals surface area contributed by atoms with E-state index in [2.05, 4.69) is 4.90 Å². The van der Waals surface area contributed by atoms with E-state index >= 15 is 0 Å². The standard InChI is InChI=1S/C20H27NO4/c1-23-13-12-21(14-17-8-6-7-11-20(17)24-2)15-18(22)16-25-19-9-4-3-5-10-19/h3-11,18,22H,12-16H2,1-2H3/t18-/m0/s1. The molecule has 0 radical (unpaired) electrons. The Labute approximate surface area is 149 Å². The normalized spacial score (nSPS) is 12.2. The quantitative estimate of drug-likeness (QED) is 0.678.